The van der Waals surface area contributed by atoms with Crippen LogP contribution in [0.5, 0.6) is 0 Å². The van der Waals surface area contributed by atoms with Crippen molar-refractivity contribution < 1.29 is 14.7 Å². The zero-order valence-electron chi connectivity index (χ0n) is 20.6. The van der Waals surface area contributed by atoms with Gasteiger partial charge in [0.25, 0.3) is 0 Å². The lowest BCUT2D eigenvalue weighted by molar-refractivity contribution is -0.130. The van der Waals surface area contributed by atoms with Gasteiger partial charge in [-0.25, -0.2) is 0 Å². The summed E-state index contributed by atoms with van der Waals surface area (Å²) >= 11 is 0. The van der Waals surface area contributed by atoms with E-state index in [0.29, 0.717) is 29.5 Å². The molecule has 7 heteroatoms. The van der Waals surface area contributed by atoms with Crippen molar-refractivity contribution in [1.82, 2.24) is 20.6 Å². The van der Waals surface area contributed by atoms with E-state index in [9.17, 15) is 14.7 Å². The van der Waals surface area contributed by atoms with E-state index in [1.165, 1.54) is 6.92 Å². The molecule has 3 N–H and O–H groups in total. The van der Waals surface area contributed by atoms with Crippen molar-refractivity contribution in [2.24, 2.45) is 0 Å². The molecule has 0 aliphatic rings. The molecule has 2 amide bonds. The molecule has 188 valence electrons. The van der Waals surface area contributed by atoms with Crippen LogP contribution in [-0.2, 0) is 21.6 Å². The Bertz CT molecular complexity index is 1250. The van der Waals surface area contributed by atoms with Crippen LogP contribution in [0.1, 0.15) is 41.6 Å². The summed E-state index contributed by atoms with van der Waals surface area (Å²) in [6.45, 7) is 1.39. The van der Waals surface area contributed by atoms with E-state index in [1.54, 1.807) is 49.1 Å². The highest BCUT2D eigenvalue weighted by Gasteiger charge is 2.43. The number of carbonyl (C=O) groups excluding carboxylic acids is 2. The second-order valence-corrected chi connectivity index (χ2v) is 8.88. The molecule has 0 fully saturated rings. The van der Waals surface area contributed by atoms with Gasteiger partial charge in [0.15, 0.2) is 0 Å². The Labute approximate surface area is 216 Å². The van der Waals surface area contributed by atoms with Gasteiger partial charge < -0.3 is 15.7 Å². The number of amides is 2. The molecule has 0 aliphatic heterocycles. The third-order valence-electron chi connectivity index (χ3n) is 6.30. The molecule has 37 heavy (non-hydrogen) atoms. The summed E-state index contributed by atoms with van der Waals surface area (Å²) in [6, 6.07) is 24.4. The molecule has 0 radical (unpaired) electrons. The van der Waals surface area contributed by atoms with Crippen LogP contribution in [0.2, 0.25) is 0 Å². The molecule has 4 aromatic rings. The lowest BCUT2D eigenvalue weighted by atomic mass is 9.78. The smallest absolute Gasteiger partial charge is 0.243 e. The summed E-state index contributed by atoms with van der Waals surface area (Å²) in [4.78, 5) is 34.2. The van der Waals surface area contributed by atoms with Gasteiger partial charge in [-0.05, 0) is 36.1 Å². The standard InChI is InChI=1S/C30H30N4O3/c1-22(35)33-27(17-16-23-10-4-2-5-11-23)29(36)34-28(24-12-6-3-7-13-24)30(37,25-14-8-18-31-20-25)26-15-9-19-32-21-26/h2-15,18-21,27-28,37H,16-17H2,1H3,(H,33,35)(H,34,36)/t27-,28-/m1/s1. The number of rotatable bonds is 10. The predicted octanol–water partition coefficient (Wildman–Crippen LogP) is 3.71. The minimum Gasteiger partial charge on any atom is -0.378 e. The highest BCUT2D eigenvalue weighted by molar-refractivity contribution is 5.87. The van der Waals surface area contributed by atoms with Crippen LogP contribution in [0.25, 0.3) is 0 Å². The highest BCUT2D eigenvalue weighted by Crippen LogP contribution is 2.40. The molecule has 0 saturated heterocycles. The van der Waals surface area contributed by atoms with Crippen molar-refractivity contribution in [3.63, 3.8) is 0 Å². The molecule has 0 bridgehead atoms. The summed E-state index contributed by atoms with van der Waals surface area (Å²) in [5.74, 6) is -0.703. The van der Waals surface area contributed by atoms with Crippen molar-refractivity contribution in [3.8, 4) is 0 Å². The normalized spacial score (nSPS) is 12.8. The molecule has 0 aliphatic carbocycles. The van der Waals surface area contributed by atoms with Gasteiger partial charge in [0.2, 0.25) is 11.8 Å². The van der Waals surface area contributed by atoms with Gasteiger partial charge in [0.1, 0.15) is 11.6 Å². The zero-order chi connectivity index (χ0) is 26.1. The van der Waals surface area contributed by atoms with Crippen molar-refractivity contribution in [3.05, 3.63) is 132 Å². The first-order valence-electron chi connectivity index (χ1n) is 12.2. The van der Waals surface area contributed by atoms with Gasteiger partial charge in [0, 0.05) is 42.8 Å². The van der Waals surface area contributed by atoms with E-state index in [2.05, 4.69) is 20.6 Å². The average molecular weight is 495 g/mol. The van der Waals surface area contributed by atoms with E-state index in [0.717, 1.165) is 5.56 Å². The minimum absolute atomic E-state index is 0.306. The largest absolute Gasteiger partial charge is 0.378 e. The number of carbonyl (C=O) groups is 2. The van der Waals surface area contributed by atoms with Gasteiger partial charge in [-0.15, -0.1) is 0 Å². The van der Waals surface area contributed by atoms with Crippen LogP contribution in [0.3, 0.4) is 0 Å². The number of benzene rings is 2. The lowest BCUT2D eigenvalue weighted by Crippen LogP contribution is -2.52. The second kappa shape index (κ2) is 12.1. The van der Waals surface area contributed by atoms with Crippen LogP contribution in [-0.4, -0.2) is 32.9 Å². The lowest BCUT2D eigenvalue weighted by Gasteiger charge is -2.38. The van der Waals surface area contributed by atoms with E-state index in [4.69, 9.17) is 0 Å². The first kappa shape index (κ1) is 25.7. The van der Waals surface area contributed by atoms with Crippen LogP contribution in [0.4, 0.5) is 0 Å². The van der Waals surface area contributed by atoms with Crippen LogP contribution < -0.4 is 10.6 Å². The van der Waals surface area contributed by atoms with Gasteiger partial charge in [0.05, 0.1) is 6.04 Å². The number of pyridine rings is 2. The number of nitrogens with one attached hydrogen (secondary N) is 2. The molecular weight excluding hydrogens is 464 g/mol. The third-order valence-corrected chi connectivity index (χ3v) is 6.30. The first-order chi connectivity index (χ1) is 18.0. The van der Waals surface area contributed by atoms with E-state index in [1.807, 2.05) is 60.7 Å². The Hall–Kier alpha value is -4.36. The Kier molecular flexibility index (Phi) is 8.38. The number of nitrogens with zero attached hydrogens (tertiary/aromatic N) is 2. The molecule has 2 heterocycles. The van der Waals surface area contributed by atoms with E-state index < -0.39 is 23.6 Å². The number of aryl methyl sites for hydroxylation is 1. The summed E-state index contributed by atoms with van der Waals surface area (Å²) < 4.78 is 0. The van der Waals surface area contributed by atoms with Crippen LogP contribution >= 0.6 is 0 Å². The molecule has 2 aromatic heterocycles. The Morgan fingerprint density at radius 3 is 1.89 bits per heavy atom. The number of aliphatic hydroxyl groups is 1. The van der Waals surface area contributed by atoms with E-state index in [-0.39, 0.29) is 5.91 Å². The molecule has 2 aromatic carbocycles. The molecule has 0 unspecified atom stereocenters. The Morgan fingerprint density at radius 2 is 1.38 bits per heavy atom. The maximum atomic E-state index is 13.7. The fourth-order valence-corrected chi connectivity index (χ4v) is 4.46. The van der Waals surface area contributed by atoms with Crippen LogP contribution in [0.15, 0.2) is 110 Å². The van der Waals surface area contributed by atoms with Crippen molar-refractivity contribution in [2.45, 2.75) is 37.5 Å². The summed E-state index contributed by atoms with van der Waals surface area (Å²) in [6.07, 6.45) is 7.41. The maximum absolute atomic E-state index is 13.7. The van der Waals surface area contributed by atoms with Gasteiger partial charge >= 0.3 is 0 Å². The molecule has 0 saturated carbocycles. The monoisotopic (exact) mass is 494 g/mol. The SMILES string of the molecule is CC(=O)N[C@H](CCc1ccccc1)C(=O)N[C@H](c1ccccc1)C(O)(c1cccnc1)c1cccnc1. The molecule has 4 rings (SSSR count). The topological polar surface area (TPSA) is 104 Å². The Balaban J connectivity index is 1.73. The Morgan fingerprint density at radius 1 is 0.811 bits per heavy atom. The van der Waals surface area contributed by atoms with Gasteiger partial charge in [-0.3, -0.25) is 19.6 Å². The predicted molar refractivity (Wildman–Crippen MR) is 141 cm³/mol. The quantitative estimate of drug-likeness (QED) is 0.312. The zero-order valence-corrected chi connectivity index (χ0v) is 20.6. The molecule has 7 nitrogen and oxygen atoms in total. The summed E-state index contributed by atoms with van der Waals surface area (Å²) in [5.41, 5.74) is 1.05. The van der Waals surface area contributed by atoms with Crippen molar-refractivity contribution in [1.29, 1.82) is 0 Å². The molecular formula is C30H30N4O3. The number of aromatic nitrogens is 2. The average Bonchev–Trinajstić information content (AvgIpc) is 2.95. The van der Waals surface area contributed by atoms with Crippen molar-refractivity contribution in [2.75, 3.05) is 0 Å². The minimum atomic E-state index is -1.69. The second-order valence-electron chi connectivity index (χ2n) is 8.88. The number of hydrogen-bond donors (Lipinski definition) is 3. The third kappa shape index (κ3) is 6.26. The molecule has 2 atom stereocenters. The fourth-order valence-electron chi connectivity index (χ4n) is 4.46. The maximum Gasteiger partial charge on any atom is 0.243 e. The van der Waals surface area contributed by atoms with Gasteiger partial charge in [-0.1, -0.05) is 72.8 Å². The number of hydrogen-bond acceptors (Lipinski definition) is 5. The summed E-state index contributed by atoms with van der Waals surface area (Å²) in [5, 5.41) is 18.2. The molecule has 0 spiro atoms. The van der Waals surface area contributed by atoms with E-state index >= 15 is 0 Å². The van der Waals surface area contributed by atoms with Crippen molar-refractivity contribution >= 4 is 11.8 Å². The summed E-state index contributed by atoms with van der Waals surface area (Å²) in [7, 11) is 0. The highest BCUT2D eigenvalue weighted by atomic mass is 16.3. The fraction of sp³-hybridized carbons (Fsp3) is 0.200. The van der Waals surface area contributed by atoms with Gasteiger partial charge in [-0.2, -0.15) is 0 Å². The first-order valence-corrected chi connectivity index (χ1v) is 12.2. The van der Waals surface area contributed by atoms with Crippen LogP contribution in [0, 0.1) is 0 Å².